The Bertz CT molecular complexity index is 1060. The lowest BCUT2D eigenvalue weighted by atomic mass is 10.1. The van der Waals surface area contributed by atoms with Gasteiger partial charge in [-0.15, -0.1) is 0 Å². The molecule has 0 aliphatic carbocycles. The van der Waals surface area contributed by atoms with E-state index in [1.165, 1.54) is 16.8 Å². The molecule has 0 fully saturated rings. The van der Waals surface area contributed by atoms with Crippen LogP contribution in [0.3, 0.4) is 0 Å². The lowest BCUT2D eigenvalue weighted by Gasteiger charge is -2.05. The van der Waals surface area contributed by atoms with Crippen LogP contribution < -0.4 is 16.6 Å². The van der Waals surface area contributed by atoms with E-state index in [9.17, 15) is 14.4 Å². The molecule has 6 nitrogen and oxygen atoms in total. The van der Waals surface area contributed by atoms with Crippen LogP contribution in [-0.4, -0.2) is 22.0 Å². The second-order valence-corrected chi connectivity index (χ2v) is 5.90. The molecule has 0 bridgehead atoms. The highest BCUT2D eigenvalue weighted by Gasteiger charge is 2.03. The smallest absolute Gasteiger partial charge is 0.328 e. The summed E-state index contributed by atoms with van der Waals surface area (Å²) in [5, 5.41) is 5.08. The third-order valence-corrected chi connectivity index (χ3v) is 3.96. The third kappa shape index (κ3) is 4.57. The van der Waals surface area contributed by atoms with Gasteiger partial charge in [0.1, 0.15) is 0 Å². The molecule has 1 heterocycles. The van der Waals surface area contributed by atoms with Crippen LogP contribution in [0.5, 0.6) is 0 Å². The standard InChI is InChI=1S/C20H19N3O3/c24-18-9-12-23(20(26)22-18)11-4-3-10-21-19(25)14-15-7-8-16-5-1-2-6-17(16)13-15/h1-9,12-13H,10-11,14H2,(H,21,25)(H,22,24,26)/b4-3-. The molecule has 0 spiro atoms. The SMILES string of the molecule is O=C(Cc1ccc2ccccc2c1)NC/C=C\Cn1ccc(=O)[nH]c1=O. The first-order valence-corrected chi connectivity index (χ1v) is 8.31. The maximum Gasteiger partial charge on any atom is 0.328 e. The van der Waals surface area contributed by atoms with Crippen molar-refractivity contribution in [1.82, 2.24) is 14.9 Å². The fourth-order valence-electron chi connectivity index (χ4n) is 2.63. The van der Waals surface area contributed by atoms with Crippen LogP contribution >= 0.6 is 0 Å². The van der Waals surface area contributed by atoms with Crippen LogP contribution in [0.15, 0.2) is 76.5 Å². The van der Waals surface area contributed by atoms with Crippen LogP contribution in [0.4, 0.5) is 0 Å². The maximum absolute atomic E-state index is 12.0. The summed E-state index contributed by atoms with van der Waals surface area (Å²) in [6, 6.07) is 15.3. The predicted octanol–water partition coefficient (Wildman–Crippen LogP) is 1.60. The van der Waals surface area contributed by atoms with E-state index in [0.717, 1.165) is 16.3 Å². The molecule has 1 amide bonds. The molecule has 0 aliphatic heterocycles. The van der Waals surface area contributed by atoms with Crippen LogP contribution in [0.1, 0.15) is 5.56 Å². The average Bonchev–Trinajstić information content (AvgIpc) is 2.63. The van der Waals surface area contributed by atoms with Crippen molar-refractivity contribution < 1.29 is 4.79 Å². The Kier molecular flexibility index (Phi) is 5.43. The maximum atomic E-state index is 12.0. The van der Waals surface area contributed by atoms with Crippen molar-refractivity contribution in [3.05, 3.63) is 93.3 Å². The van der Waals surface area contributed by atoms with Gasteiger partial charge >= 0.3 is 5.69 Å². The van der Waals surface area contributed by atoms with Crippen molar-refractivity contribution in [3.8, 4) is 0 Å². The van der Waals surface area contributed by atoms with E-state index in [1.54, 1.807) is 12.2 Å². The Morgan fingerprint density at radius 3 is 2.65 bits per heavy atom. The number of benzene rings is 2. The Balaban J connectivity index is 1.48. The van der Waals surface area contributed by atoms with Crippen LogP contribution in [-0.2, 0) is 17.8 Å². The molecule has 1 aromatic heterocycles. The van der Waals surface area contributed by atoms with Gasteiger partial charge in [0.25, 0.3) is 5.56 Å². The highest BCUT2D eigenvalue weighted by molar-refractivity contribution is 5.85. The number of rotatable bonds is 6. The van der Waals surface area contributed by atoms with Gasteiger partial charge in [-0.05, 0) is 16.3 Å². The third-order valence-electron chi connectivity index (χ3n) is 3.96. The molecule has 6 heteroatoms. The van der Waals surface area contributed by atoms with Crippen LogP contribution in [0, 0.1) is 0 Å². The number of carbonyl (C=O) groups is 1. The molecule has 3 rings (SSSR count). The Labute approximate surface area is 149 Å². The fraction of sp³-hybridized carbons (Fsp3) is 0.150. The van der Waals surface area contributed by atoms with Gasteiger partial charge in [-0.25, -0.2) is 4.79 Å². The summed E-state index contributed by atoms with van der Waals surface area (Å²) >= 11 is 0. The zero-order chi connectivity index (χ0) is 18.4. The van der Waals surface area contributed by atoms with E-state index in [2.05, 4.69) is 10.3 Å². The molecule has 132 valence electrons. The number of hydrogen-bond donors (Lipinski definition) is 2. The van der Waals surface area contributed by atoms with E-state index in [0.29, 0.717) is 19.5 Å². The molecule has 26 heavy (non-hydrogen) atoms. The van der Waals surface area contributed by atoms with Gasteiger partial charge in [0, 0.05) is 25.4 Å². The van der Waals surface area contributed by atoms with E-state index in [1.807, 2.05) is 42.5 Å². The van der Waals surface area contributed by atoms with Crippen LogP contribution in [0.25, 0.3) is 10.8 Å². The molecular weight excluding hydrogens is 330 g/mol. The normalized spacial score (nSPS) is 11.1. The van der Waals surface area contributed by atoms with Gasteiger partial charge in [-0.1, -0.05) is 54.6 Å². The van der Waals surface area contributed by atoms with Crippen molar-refractivity contribution >= 4 is 16.7 Å². The first-order valence-electron chi connectivity index (χ1n) is 8.31. The van der Waals surface area contributed by atoms with Gasteiger partial charge in [-0.3, -0.25) is 19.1 Å². The number of allylic oxidation sites excluding steroid dienone is 1. The zero-order valence-corrected chi connectivity index (χ0v) is 14.1. The summed E-state index contributed by atoms with van der Waals surface area (Å²) in [6.45, 7) is 0.709. The summed E-state index contributed by atoms with van der Waals surface area (Å²) in [4.78, 5) is 36.7. The second kappa shape index (κ2) is 8.11. The Morgan fingerprint density at radius 1 is 1.04 bits per heavy atom. The predicted molar refractivity (Wildman–Crippen MR) is 101 cm³/mol. The summed E-state index contributed by atoms with van der Waals surface area (Å²) in [6.07, 6.45) is 5.29. The summed E-state index contributed by atoms with van der Waals surface area (Å²) in [5.74, 6) is -0.0638. The Hall–Kier alpha value is -3.41. The monoisotopic (exact) mass is 349 g/mol. The zero-order valence-electron chi connectivity index (χ0n) is 14.1. The number of carbonyl (C=O) groups excluding carboxylic acids is 1. The molecule has 0 aliphatic rings. The van der Waals surface area contributed by atoms with Gasteiger partial charge in [-0.2, -0.15) is 0 Å². The number of hydrogen-bond acceptors (Lipinski definition) is 3. The quantitative estimate of drug-likeness (QED) is 0.663. The van der Waals surface area contributed by atoms with E-state index in [-0.39, 0.29) is 5.91 Å². The summed E-state index contributed by atoms with van der Waals surface area (Å²) < 4.78 is 1.37. The molecule has 3 aromatic rings. The van der Waals surface area contributed by atoms with Crippen molar-refractivity contribution in [2.24, 2.45) is 0 Å². The summed E-state index contributed by atoms with van der Waals surface area (Å²) in [7, 11) is 0. The van der Waals surface area contributed by atoms with Gasteiger partial charge in [0.15, 0.2) is 0 Å². The molecular formula is C20H19N3O3. The van der Waals surface area contributed by atoms with E-state index in [4.69, 9.17) is 0 Å². The molecule has 0 radical (unpaired) electrons. The number of amides is 1. The minimum absolute atomic E-state index is 0.0638. The molecule has 0 unspecified atom stereocenters. The highest BCUT2D eigenvalue weighted by Crippen LogP contribution is 2.15. The molecule has 0 saturated carbocycles. The topological polar surface area (TPSA) is 84.0 Å². The minimum atomic E-state index is -0.456. The molecule has 0 atom stereocenters. The number of nitrogens with one attached hydrogen (secondary N) is 2. The van der Waals surface area contributed by atoms with Gasteiger partial charge < -0.3 is 5.32 Å². The molecule has 2 aromatic carbocycles. The number of H-pyrrole nitrogens is 1. The van der Waals surface area contributed by atoms with Crippen LogP contribution in [0.2, 0.25) is 0 Å². The summed E-state index contributed by atoms with van der Waals surface area (Å²) in [5.41, 5.74) is 0.0867. The second-order valence-electron chi connectivity index (χ2n) is 5.90. The first-order chi connectivity index (χ1) is 12.6. The Morgan fingerprint density at radius 2 is 1.85 bits per heavy atom. The average molecular weight is 349 g/mol. The number of aromatic nitrogens is 2. The van der Waals surface area contributed by atoms with Gasteiger partial charge in [0.05, 0.1) is 6.42 Å². The number of fused-ring (bicyclic) bond motifs is 1. The lowest BCUT2D eigenvalue weighted by Crippen LogP contribution is -2.28. The lowest BCUT2D eigenvalue weighted by molar-refractivity contribution is -0.120. The molecule has 2 N–H and O–H groups in total. The number of nitrogens with zero attached hydrogens (tertiary/aromatic N) is 1. The van der Waals surface area contributed by atoms with Crippen molar-refractivity contribution in [3.63, 3.8) is 0 Å². The largest absolute Gasteiger partial charge is 0.352 e. The van der Waals surface area contributed by atoms with E-state index < -0.39 is 11.2 Å². The van der Waals surface area contributed by atoms with E-state index >= 15 is 0 Å². The fourth-order valence-corrected chi connectivity index (χ4v) is 2.63. The van der Waals surface area contributed by atoms with Crippen molar-refractivity contribution in [2.75, 3.05) is 6.54 Å². The van der Waals surface area contributed by atoms with Gasteiger partial charge in [0.2, 0.25) is 5.91 Å². The number of aromatic amines is 1. The first kappa shape index (κ1) is 17.4. The van der Waals surface area contributed by atoms with Crippen molar-refractivity contribution in [2.45, 2.75) is 13.0 Å². The molecule has 0 saturated heterocycles. The van der Waals surface area contributed by atoms with Crippen molar-refractivity contribution in [1.29, 1.82) is 0 Å². The highest BCUT2D eigenvalue weighted by atomic mass is 16.2. The minimum Gasteiger partial charge on any atom is -0.352 e.